The van der Waals surface area contributed by atoms with Gasteiger partial charge in [0.25, 0.3) is 0 Å². The predicted octanol–water partition coefficient (Wildman–Crippen LogP) is 1.54. The molecule has 1 rings (SSSR count). The largest absolute Gasteiger partial charge is 0.496 e. The Bertz CT molecular complexity index is 456. The first-order chi connectivity index (χ1) is 8.36. The second kappa shape index (κ2) is 5.87. The Balaban J connectivity index is 3.03. The number of nitrogens with zero attached hydrogens (tertiary/aromatic N) is 1. The Hall–Kier alpha value is -1.55. The van der Waals surface area contributed by atoms with Gasteiger partial charge in [-0.2, -0.15) is 0 Å². The van der Waals surface area contributed by atoms with Gasteiger partial charge in [0.15, 0.2) is 0 Å². The highest BCUT2D eigenvalue weighted by atomic mass is 16.5. The summed E-state index contributed by atoms with van der Waals surface area (Å²) in [6.45, 7) is 7.17. The molecule has 18 heavy (non-hydrogen) atoms. The van der Waals surface area contributed by atoms with Crippen molar-refractivity contribution in [3.05, 3.63) is 28.3 Å². The Morgan fingerprint density at radius 1 is 1.33 bits per heavy atom. The quantitative estimate of drug-likeness (QED) is 0.862. The topological polar surface area (TPSA) is 55.6 Å². The molecule has 0 aromatic heterocycles. The molecule has 0 fully saturated rings. The lowest BCUT2D eigenvalue weighted by atomic mass is 9.97. The van der Waals surface area contributed by atoms with Crippen molar-refractivity contribution in [1.29, 1.82) is 0 Å². The number of ether oxygens (including phenoxy) is 1. The van der Waals surface area contributed by atoms with Crippen LogP contribution in [0.4, 0.5) is 0 Å². The van der Waals surface area contributed by atoms with Crippen LogP contribution in [-0.4, -0.2) is 31.5 Å². The highest BCUT2D eigenvalue weighted by Crippen LogP contribution is 2.28. The summed E-state index contributed by atoms with van der Waals surface area (Å²) >= 11 is 0. The fourth-order valence-corrected chi connectivity index (χ4v) is 2.15. The molecule has 0 aliphatic rings. The molecule has 0 atom stereocenters. The number of hydrogen-bond donors (Lipinski definition) is 1. The fourth-order valence-electron chi connectivity index (χ4n) is 2.15. The third-order valence-electron chi connectivity index (χ3n) is 3.28. The van der Waals surface area contributed by atoms with E-state index < -0.39 is 0 Å². The number of carbonyl (C=O) groups is 1. The summed E-state index contributed by atoms with van der Waals surface area (Å²) < 4.78 is 5.34. The van der Waals surface area contributed by atoms with Crippen LogP contribution >= 0.6 is 0 Å². The highest BCUT2D eigenvalue weighted by Gasteiger charge is 2.13. The predicted molar refractivity (Wildman–Crippen MR) is 72.7 cm³/mol. The van der Waals surface area contributed by atoms with Crippen molar-refractivity contribution in [1.82, 2.24) is 4.90 Å². The van der Waals surface area contributed by atoms with Gasteiger partial charge in [-0.15, -0.1) is 0 Å². The van der Waals surface area contributed by atoms with E-state index in [2.05, 4.69) is 13.8 Å². The summed E-state index contributed by atoms with van der Waals surface area (Å²) in [5.41, 5.74) is 9.96. The van der Waals surface area contributed by atoms with E-state index in [1.807, 2.05) is 24.9 Å². The molecule has 1 aromatic carbocycles. The molecule has 4 heteroatoms. The summed E-state index contributed by atoms with van der Waals surface area (Å²) in [4.78, 5) is 12.8. The van der Waals surface area contributed by atoms with Crippen molar-refractivity contribution in [2.75, 3.05) is 20.7 Å². The molecule has 100 valence electrons. The number of nitrogens with two attached hydrogens (primary N) is 1. The zero-order valence-corrected chi connectivity index (χ0v) is 11.8. The standard InChI is InChI=1S/C14H22N2O2/c1-9-6-13(18-5)11(3)10(2)12(9)7-16(4)8-14(15)17/h6H,7-8H2,1-5H3,(H2,15,17). The van der Waals surface area contributed by atoms with E-state index >= 15 is 0 Å². The maximum Gasteiger partial charge on any atom is 0.231 e. The van der Waals surface area contributed by atoms with Crippen LogP contribution in [0, 0.1) is 20.8 Å². The molecule has 0 aliphatic carbocycles. The van der Waals surface area contributed by atoms with Gasteiger partial charge < -0.3 is 10.5 Å². The van der Waals surface area contributed by atoms with Crippen LogP contribution < -0.4 is 10.5 Å². The molecule has 1 aromatic rings. The van der Waals surface area contributed by atoms with Crippen LogP contribution in [-0.2, 0) is 11.3 Å². The van der Waals surface area contributed by atoms with E-state index in [0.29, 0.717) is 6.54 Å². The summed E-state index contributed by atoms with van der Waals surface area (Å²) in [6.07, 6.45) is 0. The molecule has 4 nitrogen and oxygen atoms in total. The van der Waals surface area contributed by atoms with Crippen LogP contribution in [0.5, 0.6) is 5.75 Å². The molecule has 1 amide bonds. The molecule has 2 N–H and O–H groups in total. The first kappa shape index (κ1) is 14.5. The van der Waals surface area contributed by atoms with Gasteiger partial charge in [0.2, 0.25) is 5.91 Å². The summed E-state index contributed by atoms with van der Waals surface area (Å²) in [6, 6.07) is 2.04. The van der Waals surface area contributed by atoms with E-state index in [1.165, 1.54) is 16.7 Å². The number of methoxy groups -OCH3 is 1. The number of benzene rings is 1. The van der Waals surface area contributed by atoms with Crippen LogP contribution in [0.1, 0.15) is 22.3 Å². The molecule has 0 aliphatic heterocycles. The van der Waals surface area contributed by atoms with Crippen LogP contribution in [0.2, 0.25) is 0 Å². The summed E-state index contributed by atoms with van der Waals surface area (Å²) in [7, 11) is 3.57. The monoisotopic (exact) mass is 250 g/mol. The molecular weight excluding hydrogens is 228 g/mol. The Morgan fingerprint density at radius 2 is 1.94 bits per heavy atom. The van der Waals surface area contributed by atoms with Crippen LogP contribution in [0.15, 0.2) is 6.07 Å². The molecule has 0 bridgehead atoms. The van der Waals surface area contributed by atoms with Gasteiger partial charge in [0.1, 0.15) is 5.75 Å². The van der Waals surface area contributed by atoms with Gasteiger partial charge in [-0.1, -0.05) is 0 Å². The van der Waals surface area contributed by atoms with Crippen LogP contribution in [0.25, 0.3) is 0 Å². The lowest BCUT2D eigenvalue weighted by Crippen LogP contribution is -2.30. The fraction of sp³-hybridized carbons (Fsp3) is 0.500. The zero-order chi connectivity index (χ0) is 13.9. The number of primary amides is 1. The maximum atomic E-state index is 10.9. The van der Waals surface area contributed by atoms with Gasteiger partial charge in [0.05, 0.1) is 13.7 Å². The van der Waals surface area contributed by atoms with Crippen LogP contribution in [0.3, 0.4) is 0 Å². The Labute approximate surface area is 109 Å². The van der Waals surface area contributed by atoms with Gasteiger partial charge >= 0.3 is 0 Å². The summed E-state index contributed by atoms with van der Waals surface area (Å²) in [5, 5.41) is 0. The van der Waals surface area contributed by atoms with Gasteiger partial charge in [-0.05, 0) is 56.1 Å². The first-order valence-electron chi connectivity index (χ1n) is 5.97. The smallest absolute Gasteiger partial charge is 0.231 e. The van der Waals surface area contributed by atoms with Gasteiger partial charge in [-0.25, -0.2) is 0 Å². The van der Waals surface area contributed by atoms with Gasteiger partial charge in [0, 0.05) is 6.54 Å². The van der Waals surface area contributed by atoms with Gasteiger partial charge in [-0.3, -0.25) is 9.69 Å². The minimum atomic E-state index is -0.307. The molecule has 0 radical (unpaired) electrons. The Kier molecular flexibility index (Phi) is 4.73. The van der Waals surface area contributed by atoms with Crippen molar-refractivity contribution in [2.45, 2.75) is 27.3 Å². The van der Waals surface area contributed by atoms with E-state index in [1.54, 1.807) is 7.11 Å². The van der Waals surface area contributed by atoms with E-state index in [-0.39, 0.29) is 12.5 Å². The van der Waals surface area contributed by atoms with E-state index in [0.717, 1.165) is 11.3 Å². The average molecular weight is 250 g/mol. The lowest BCUT2D eigenvalue weighted by molar-refractivity contribution is -0.118. The van der Waals surface area contributed by atoms with E-state index in [9.17, 15) is 4.79 Å². The van der Waals surface area contributed by atoms with Crippen molar-refractivity contribution in [3.8, 4) is 5.75 Å². The minimum absolute atomic E-state index is 0.268. The third-order valence-corrected chi connectivity index (χ3v) is 3.28. The van der Waals surface area contributed by atoms with Crippen molar-refractivity contribution in [2.24, 2.45) is 5.73 Å². The maximum absolute atomic E-state index is 10.9. The second-order valence-electron chi connectivity index (χ2n) is 4.76. The van der Waals surface area contributed by atoms with E-state index in [4.69, 9.17) is 10.5 Å². The molecule has 0 spiro atoms. The SMILES string of the molecule is COc1cc(C)c(CN(C)CC(N)=O)c(C)c1C. The first-order valence-corrected chi connectivity index (χ1v) is 5.97. The number of amides is 1. The van der Waals surface area contributed by atoms with Crippen molar-refractivity contribution >= 4 is 5.91 Å². The molecular formula is C14H22N2O2. The van der Waals surface area contributed by atoms with Crippen molar-refractivity contribution < 1.29 is 9.53 Å². The Morgan fingerprint density at radius 3 is 2.44 bits per heavy atom. The normalized spacial score (nSPS) is 10.8. The number of rotatable bonds is 5. The van der Waals surface area contributed by atoms with Crippen molar-refractivity contribution in [3.63, 3.8) is 0 Å². The molecule has 0 saturated carbocycles. The number of hydrogen-bond acceptors (Lipinski definition) is 3. The second-order valence-corrected chi connectivity index (χ2v) is 4.76. The minimum Gasteiger partial charge on any atom is -0.496 e. The number of carbonyl (C=O) groups excluding carboxylic acids is 1. The summed E-state index contributed by atoms with van der Waals surface area (Å²) in [5.74, 6) is 0.601. The highest BCUT2D eigenvalue weighted by molar-refractivity contribution is 5.75. The molecule has 0 heterocycles. The molecule has 0 saturated heterocycles. The lowest BCUT2D eigenvalue weighted by Gasteiger charge is -2.20. The number of aryl methyl sites for hydroxylation is 1. The average Bonchev–Trinajstić information content (AvgIpc) is 2.28. The molecule has 0 unspecified atom stereocenters. The zero-order valence-electron chi connectivity index (χ0n) is 11.8. The third kappa shape index (κ3) is 3.23. The number of likely N-dealkylation sites (N-methyl/N-ethyl adjacent to an activating group) is 1.